The van der Waals surface area contributed by atoms with Crippen molar-refractivity contribution in [2.45, 2.75) is 25.9 Å². The zero-order valence-corrected chi connectivity index (χ0v) is 10.1. The van der Waals surface area contributed by atoms with Gasteiger partial charge in [0, 0.05) is 0 Å². The first-order valence-corrected chi connectivity index (χ1v) is 5.63. The maximum Gasteiger partial charge on any atom is 0.223 e. The Bertz CT molecular complexity index is 388. The molecule has 0 spiro atoms. The fourth-order valence-corrected chi connectivity index (χ4v) is 1.82. The minimum absolute atomic E-state index is 0.304. The Morgan fingerprint density at radius 3 is 2.59 bits per heavy atom. The summed E-state index contributed by atoms with van der Waals surface area (Å²) in [7, 11) is 0. The van der Waals surface area contributed by atoms with Gasteiger partial charge in [-0.25, -0.2) is 0 Å². The molecule has 1 amide bonds. The molecule has 0 aliphatic rings. The minimum atomic E-state index is -0.753. The van der Waals surface area contributed by atoms with E-state index in [0.29, 0.717) is 12.8 Å². The molecule has 0 saturated heterocycles. The second kappa shape index (κ2) is 5.64. The normalized spacial score (nSPS) is 15.9. The van der Waals surface area contributed by atoms with Crippen molar-refractivity contribution in [1.29, 1.82) is 0 Å². The van der Waals surface area contributed by atoms with Gasteiger partial charge >= 0.3 is 0 Å². The quantitative estimate of drug-likeness (QED) is 0.740. The second-order valence-electron chi connectivity index (χ2n) is 4.55. The molecule has 2 atom stereocenters. The highest BCUT2D eigenvalue weighted by Gasteiger charge is 2.32. The summed E-state index contributed by atoms with van der Waals surface area (Å²) in [5.41, 5.74) is 5.43. The molecule has 1 rings (SSSR count). The van der Waals surface area contributed by atoms with Crippen LogP contribution in [0.25, 0.3) is 0 Å². The molecule has 3 nitrogen and oxygen atoms in total. The third-order valence-corrected chi connectivity index (χ3v) is 3.02. The topological polar surface area (TPSA) is 63.3 Å². The molecule has 17 heavy (non-hydrogen) atoms. The molecule has 0 heterocycles. The van der Waals surface area contributed by atoms with Crippen molar-refractivity contribution in [3.05, 3.63) is 48.6 Å². The Hall–Kier alpha value is -1.61. The summed E-state index contributed by atoms with van der Waals surface area (Å²) in [6.07, 6.45) is 1.74. The summed E-state index contributed by atoms with van der Waals surface area (Å²) in [4.78, 5) is 11.4. The summed E-state index contributed by atoms with van der Waals surface area (Å²) in [5.74, 6) is -0.410. The molecular weight excluding hydrogens is 214 g/mol. The van der Waals surface area contributed by atoms with Gasteiger partial charge in [-0.05, 0) is 18.4 Å². The number of hydrogen-bond donors (Lipinski definition) is 2. The molecular formula is C14H19NO2. The van der Waals surface area contributed by atoms with Gasteiger partial charge < -0.3 is 10.8 Å². The number of rotatable bonds is 6. The SMILES string of the molecule is C=CCC(C)(C[C@@H](O)c1ccccc1)C(N)=O. The monoisotopic (exact) mass is 233 g/mol. The van der Waals surface area contributed by atoms with Crippen molar-refractivity contribution >= 4 is 5.91 Å². The van der Waals surface area contributed by atoms with Crippen LogP contribution in [0.15, 0.2) is 43.0 Å². The molecule has 0 bridgehead atoms. The first-order valence-electron chi connectivity index (χ1n) is 5.63. The first kappa shape index (κ1) is 13.5. The molecule has 0 aromatic heterocycles. The van der Waals surface area contributed by atoms with E-state index in [1.165, 1.54) is 0 Å². The van der Waals surface area contributed by atoms with Crippen LogP contribution in [0.5, 0.6) is 0 Å². The number of nitrogens with two attached hydrogens (primary N) is 1. The van der Waals surface area contributed by atoms with Crippen LogP contribution in [0.4, 0.5) is 0 Å². The van der Waals surface area contributed by atoms with Gasteiger partial charge in [-0.15, -0.1) is 6.58 Å². The van der Waals surface area contributed by atoms with E-state index in [9.17, 15) is 9.90 Å². The van der Waals surface area contributed by atoms with Gasteiger partial charge in [-0.3, -0.25) is 4.79 Å². The molecule has 3 N–H and O–H groups in total. The van der Waals surface area contributed by atoms with Gasteiger partial charge in [0.2, 0.25) is 5.91 Å². The number of amides is 1. The van der Waals surface area contributed by atoms with Gasteiger partial charge in [-0.2, -0.15) is 0 Å². The van der Waals surface area contributed by atoms with Crippen LogP contribution in [0.3, 0.4) is 0 Å². The van der Waals surface area contributed by atoms with E-state index in [1.807, 2.05) is 30.3 Å². The largest absolute Gasteiger partial charge is 0.388 e. The average Bonchev–Trinajstić information content (AvgIpc) is 2.30. The van der Waals surface area contributed by atoms with Crippen molar-refractivity contribution in [1.82, 2.24) is 0 Å². The second-order valence-corrected chi connectivity index (χ2v) is 4.55. The lowest BCUT2D eigenvalue weighted by Gasteiger charge is -2.27. The maximum absolute atomic E-state index is 11.4. The highest BCUT2D eigenvalue weighted by Crippen LogP contribution is 2.33. The van der Waals surface area contributed by atoms with Crippen LogP contribution in [0, 0.1) is 5.41 Å². The number of benzene rings is 1. The Labute approximate surface area is 102 Å². The summed E-state index contributed by atoms with van der Waals surface area (Å²) in [6, 6.07) is 9.26. The van der Waals surface area contributed by atoms with E-state index in [4.69, 9.17) is 5.73 Å². The lowest BCUT2D eigenvalue weighted by atomic mass is 9.79. The van der Waals surface area contributed by atoms with Crippen molar-refractivity contribution in [2.24, 2.45) is 11.1 Å². The fraction of sp³-hybridized carbons (Fsp3) is 0.357. The van der Waals surface area contributed by atoms with E-state index in [2.05, 4.69) is 6.58 Å². The van der Waals surface area contributed by atoms with Crippen LogP contribution >= 0.6 is 0 Å². The minimum Gasteiger partial charge on any atom is -0.388 e. The number of aliphatic hydroxyl groups is 1. The Kier molecular flexibility index (Phi) is 4.46. The predicted molar refractivity (Wildman–Crippen MR) is 68.1 cm³/mol. The van der Waals surface area contributed by atoms with Gasteiger partial charge in [0.05, 0.1) is 11.5 Å². The molecule has 0 radical (unpaired) electrons. The smallest absolute Gasteiger partial charge is 0.223 e. The molecule has 1 unspecified atom stereocenters. The molecule has 1 aromatic rings. The van der Waals surface area contributed by atoms with E-state index >= 15 is 0 Å². The summed E-state index contributed by atoms with van der Waals surface area (Å²) < 4.78 is 0. The molecule has 0 aliphatic carbocycles. The lowest BCUT2D eigenvalue weighted by Crippen LogP contribution is -2.35. The van der Waals surface area contributed by atoms with Gasteiger partial charge in [0.1, 0.15) is 0 Å². The zero-order valence-electron chi connectivity index (χ0n) is 10.1. The van der Waals surface area contributed by atoms with Crippen molar-refractivity contribution in [3.8, 4) is 0 Å². The van der Waals surface area contributed by atoms with E-state index in [-0.39, 0.29) is 0 Å². The summed E-state index contributed by atoms with van der Waals surface area (Å²) in [5, 5.41) is 10.1. The number of carbonyl (C=O) groups is 1. The Morgan fingerprint density at radius 2 is 2.12 bits per heavy atom. The molecule has 3 heteroatoms. The number of carbonyl (C=O) groups excluding carboxylic acids is 1. The van der Waals surface area contributed by atoms with E-state index in [1.54, 1.807) is 13.0 Å². The van der Waals surface area contributed by atoms with Crippen molar-refractivity contribution in [2.75, 3.05) is 0 Å². The number of primary amides is 1. The molecule has 0 saturated carbocycles. The number of hydrogen-bond acceptors (Lipinski definition) is 2. The van der Waals surface area contributed by atoms with Crippen LogP contribution < -0.4 is 5.73 Å². The van der Waals surface area contributed by atoms with Crippen LogP contribution in [-0.2, 0) is 4.79 Å². The molecule has 0 fully saturated rings. The third-order valence-electron chi connectivity index (χ3n) is 3.02. The van der Waals surface area contributed by atoms with Crippen LogP contribution in [0.1, 0.15) is 31.4 Å². The zero-order chi connectivity index (χ0) is 12.9. The molecule has 1 aromatic carbocycles. The highest BCUT2D eigenvalue weighted by molar-refractivity contribution is 5.80. The first-order chi connectivity index (χ1) is 7.99. The summed E-state index contributed by atoms with van der Waals surface area (Å²) in [6.45, 7) is 5.37. The van der Waals surface area contributed by atoms with Crippen LogP contribution in [0.2, 0.25) is 0 Å². The van der Waals surface area contributed by atoms with Crippen molar-refractivity contribution in [3.63, 3.8) is 0 Å². The van der Waals surface area contributed by atoms with E-state index in [0.717, 1.165) is 5.56 Å². The standard InChI is InChI=1S/C14H19NO2/c1-3-9-14(2,13(15)17)10-12(16)11-7-5-4-6-8-11/h3-8,12,16H,1,9-10H2,2H3,(H2,15,17)/t12-,14?/m1/s1. The highest BCUT2D eigenvalue weighted by atomic mass is 16.3. The Balaban J connectivity index is 2.81. The Morgan fingerprint density at radius 1 is 1.53 bits per heavy atom. The number of allylic oxidation sites excluding steroid dienone is 1. The molecule has 0 aliphatic heterocycles. The predicted octanol–water partition coefficient (Wildman–Crippen LogP) is 2.18. The third kappa shape index (κ3) is 3.43. The summed E-state index contributed by atoms with van der Waals surface area (Å²) >= 11 is 0. The molecule has 92 valence electrons. The average molecular weight is 233 g/mol. The fourth-order valence-electron chi connectivity index (χ4n) is 1.82. The van der Waals surface area contributed by atoms with Gasteiger partial charge in [0.25, 0.3) is 0 Å². The van der Waals surface area contributed by atoms with E-state index < -0.39 is 17.4 Å². The van der Waals surface area contributed by atoms with Crippen LogP contribution in [-0.4, -0.2) is 11.0 Å². The lowest BCUT2D eigenvalue weighted by molar-refractivity contribution is -0.128. The number of aliphatic hydroxyl groups excluding tert-OH is 1. The van der Waals surface area contributed by atoms with Gasteiger partial charge in [-0.1, -0.05) is 43.3 Å². The van der Waals surface area contributed by atoms with Crippen molar-refractivity contribution < 1.29 is 9.90 Å². The van der Waals surface area contributed by atoms with Gasteiger partial charge in [0.15, 0.2) is 0 Å². The maximum atomic E-state index is 11.4.